The zero-order valence-electron chi connectivity index (χ0n) is 26.5. The molecule has 0 unspecified atom stereocenters. The number of esters is 2. The topological polar surface area (TPSA) is 120 Å². The lowest BCUT2D eigenvalue weighted by Gasteiger charge is -2.28. The monoisotopic (exact) mass is 638 g/mol. The maximum Gasteiger partial charge on any atom is 0.348 e. The zero-order valence-corrected chi connectivity index (χ0v) is 27.2. The van der Waals surface area contributed by atoms with E-state index in [1.54, 1.807) is 31.2 Å². The Morgan fingerprint density at radius 1 is 1.04 bits per heavy atom. The van der Waals surface area contributed by atoms with Gasteiger partial charge in [-0.1, -0.05) is 93.9 Å². The van der Waals surface area contributed by atoms with E-state index in [1.807, 2.05) is 63.3 Å². The van der Waals surface area contributed by atoms with Crippen LogP contribution in [0.1, 0.15) is 51.7 Å². The van der Waals surface area contributed by atoms with Crippen LogP contribution in [0.25, 0.3) is 6.08 Å². The van der Waals surface area contributed by atoms with Crippen LogP contribution < -0.4 is 15.4 Å². The highest BCUT2D eigenvalue weighted by Crippen LogP contribution is 2.26. The fraction of sp³-hybridized carbons (Fsp3) is 0.429. The molecule has 2 amide bonds. The third-order valence-corrected chi connectivity index (χ3v) is 8.09. The van der Waals surface area contributed by atoms with Crippen molar-refractivity contribution in [1.29, 1.82) is 0 Å². The second-order valence-corrected chi connectivity index (χ2v) is 11.8. The number of rotatable bonds is 8. The first kappa shape index (κ1) is 35.4. The van der Waals surface area contributed by atoms with Gasteiger partial charge in [-0.15, -0.1) is 0 Å². The maximum absolute atomic E-state index is 13.4. The van der Waals surface area contributed by atoms with Gasteiger partial charge in [-0.3, -0.25) is 14.4 Å². The van der Waals surface area contributed by atoms with Crippen molar-refractivity contribution in [2.75, 3.05) is 13.7 Å². The van der Waals surface area contributed by atoms with Crippen LogP contribution >= 0.6 is 11.6 Å². The molecule has 1 heterocycles. The molecule has 0 radical (unpaired) electrons. The van der Waals surface area contributed by atoms with Gasteiger partial charge in [0.2, 0.25) is 17.9 Å². The third-order valence-electron chi connectivity index (χ3n) is 7.79. The van der Waals surface area contributed by atoms with Crippen LogP contribution in [0.2, 0.25) is 5.02 Å². The molecule has 6 atom stereocenters. The van der Waals surface area contributed by atoms with Crippen molar-refractivity contribution in [2.24, 2.45) is 17.8 Å². The molecule has 242 valence electrons. The first-order valence-corrected chi connectivity index (χ1v) is 15.6. The number of nitrogens with one attached hydrogen (secondary N) is 2. The number of hydrogen-bond acceptors (Lipinski definition) is 7. The molecule has 0 aromatic heterocycles. The molecule has 0 saturated heterocycles. The molecule has 2 aromatic carbocycles. The Morgan fingerprint density at radius 3 is 2.44 bits per heavy atom. The first-order chi connectivity index (χ1) is 21.5. The van der Waals surface area contributed by atoms with Gasteiger partial charge in [0.05, 0.1) is 18.1 Å². The van der Waals surface area contributed by atoms with E-state index in [0.29, 0.717) is 22.8 Å². The molecule has 10 heteroatoms. The molecule has 1 aliphatic heterocycles. The Balaban J connectivity index is 1.90. The predicted octanol–water partition coefficient (Wildman–Crippen LogP) is 5.31. The number of carbonyl (C=O) groups excluding carboxylic acids is 4. The largest absolute Gasteiger partial charge is 0.495 e. The minimum atomic E-state index is -1.12. The normalized spacial score (nSPS) is 23.4. The van der Waals surface area contributed by atoms with Crippen LogP contribution in [0.5, 0.6) is 5.75 Å². The molecule has 9 nitrogen and oxygen atoms in total. The van der Waals surface area contributed by atoms with Gasteiger partial charge in [0.1, 0.15) is 17.9 Å². The van der Waals surface area contributed by atoms with Crippen molar-refractivity contribution in [3.05, 3.63) is 82.9 Å². The van der Waals surface area contributed by atoms with E-state index in [-0.39, 0.29) is 31.2 Å². The van der Waals surface area contributed by atoms with Crippen LogP contribution in [0.15, 0.2) is 66.8 Å². The van der Waals surface area contributed by atoms with Crippen molar-refractivity contribution >= 4 is 41.4 Å². The van der Waals surface area contributed by atoms with E-state index in [9.17, 15) is 19.2 Å². The molecule has 45 heavy (non-hydrogen) atoms. The summed E-state index contributed by atoms with van der Waals surface area (Å²) in [6.07, 6.45) is 5.96. The second kappa shape index (κ2) is 17.4. The average molecular weight is 639 g/mol. The number of amides is 2. The smallest absolute Gasteiger partial charge is 0.348 e. The SMILES string of the molecule is CC[C@H](C)[C@@H]1OC(=O)[C@H](C)CNC(=O)[C@@H](Cc2ccc(OC)c(Cl)c2)NC(=O)C=CC[C@@H]([C@H](C)/C=C/c2ccccc2)OC1=O. The summed E-state index contributed by atoms with van der Waals surface area (Å²) < 4.78 is 16.9. The average Bonchev–Trinajstić information content (AvgIpc) is 3.03. The van der Waals surface area contributed by atoms with E-state index in [0.717, 1.165) is 5.56 Å². The Labute approximate surface area is 270 Å². The highest BCUT2D eigenvalue weighted by atomic mass is 35.5. The van der Waals surface area contributed by atoms with Crippen molar-refractivity contribution in [3.63, 3.8) is 0 Å². The van der Waals surface area contributed by atoms with Gasteiger partial charge in [-0.25, -0.2) is 4.79 Å². The summed E-state index contributed by atoms with van der Waals surface area (Å²) in [6.45, 7) is 7.17. The highest BCUT2D eigenvalue weighted by molar-refractivity contribution is 6.32. The van der Waals surface area contributed by atoms with Crippen molar-refractivity contribution < 1.29 is 33.4 Å². The number of benzene rings is 2. The summed E-state index contributed by atoms with van der Waals surface area (Å²) in [4.78, 5) is 52.8. The quantitative estimate of drug-likeness (QED) is 0.376. The molecule has 3 rings (SSSR count). The standard InChI is InChI=1S/C35H43ClN2O7/c1-6-22(2)32-35(42)44-29(23(3)15-16-25-11-8-7-9-12-25)13-10-14-31(39)38-28(33(40)37-21-24(4)34(41)45-32)20-26-17-18-30(43-5)27(36)19-26/h7-12,14-19,22-24,28-29,32H,6,13,20-21H2,1-5H3,(H,37,40)(H,38,39)/b14-10?,16-15+/t22-,23+,24+,28+,29-,32-/m0/s1. The maximum atomic E-state index is 13.4. The summed E-state index contributed by atoms with van der Waals surface area (Å²) in [5, 5.41) is 5.85. The lowest BCUT2D eigenvalue weighted by atomic mass is 9.98. The van der Waals surface area contributed by atoms with E-state index in [2.05, 4.69) is 10.6 Å². The Kier molecular flexibility index (Phi) is 13.7. The number of carbonyl (C=O) groups is 4. The number of hydrogen-bond donors (Lipinski definition) is 2. The van der Waals surface area contributed by atoms with E-state index >= 15 is 0 Å². The van der Waals surface area contributed by atoms with Crippen LogP contribution in [-0.2, 0) is 35.1 Å². The molecule has 0 fully saturated rings. The molecule has 0 aliphatic carbocycles. The van der Waals surface area contributed by atoms with E-state index < -0.39 is 47.9 Å². The minimum absolute atomic E-state index is 0.0601. The lowest BCUT2D eigenvalue weighted by Crippen LogP contribution is -2.49. The van der Waals surface area contributed by atoms with Gasteiger partial charge in [0, 0.05) is 31.2 Å². The van der Waals surface area contributed by atoms with Gasteiger partial charge in [0.25, 0.3) is 0 Å². The third kappa shape index (κ3) is 10.8. The van der Waals surface area contributed by atoms with Crippen molar-refractivity contribution in [2.45, 2.75) is 65.2 Å². The Bertz CT molecular complexity index is 1380. The number of methoxy groups -OCH3 is 1. The van der Waals surface area contributed by atoms with Gasteiger partial charge >= 0.3 is 11.9 Å². The van der Waals surface area contributed by atoms with E-state index in [4.69, 9.17) is 25.8 Å². The molecule has 0 bridgehead atoms. The highest BCUT2D eigenvalue weighted by Gasteiger charge is 2.34. The lowest BCUT2D eigenvalue weighted by molar-refractivity contribution is -0.178. The number of ether oxygens (including phenoxy) is 3. The Hall–Kier alpha value is -4.11. The van der Waals surface area contributed by atoms with Crippen LogP contribution in [0.4, 0.5) is 0 Å². The first-order valence-electron chi connectivity index (χ1n) is 15.2. The summed E-state index contributed by atoms with van der Waals surface area (Å²) in [7, 11) is 1.51. The van der Waals surface area contributed by atoms with Crippen LogP contribution in [0, 0.1) is 17.8 Å². The number of halogens is 1. The second-order valence-electron chi connectivity index (χ2n) is 11.4. The van der Waals surface area contributed by atoms with Crippen LogP contribution in [-0.4, -0.2) is 55.7 Å². The minimum Gasteiger partial charge on any atom is -0.495 e. The fourth-order valence-corrected chi connectivity index (χ4v) is 4.94. The van der Waals surface area contributed by atoms with Gasteiger partial charge < -0.3 is 24.8 Å². The van der Waals surface area contributed by atoms with E-state index in [1.165, 1.54) is 13.2 Å². The predicted molar refractivity (Wildman–Crippen MR) is 173 cm³/mol. The molecule has 0 spiro atoms. The summed E-state index contributed by atoms with van der Waals surface area (Å²) >= 11 is 6.29. The molecule has 2 N–H and O–H groups in total. The zero-order chi connectivity index (χ0) is 32.9. The molecule has 2 aromatic rings. The van der Waals surface area contributed by atoms with Gasteiger partial charge in [-0.2, -0.15) is 0 Å². The van der Waals surface area contributed by atoms with Crippen LogP contribution in [0.3, 0.4) is 0 Å². The molecular weight excluding hydrogens is 596 g/mol. The fourth-order valence-electron chi connectivity index (χ4n) is 4.66. The summed E-state index contributed by atoms with van der Waals surface area (Å²) in [5.41, 5.74) is 1.69. The molecular formula is C35H43ClN2O7. The summed E-state index contributed by atoms with van der Waals surface area (Å²) in [5.74, 6) is -3.10. The van der Waals surface area contributed by atoms with Crippen molar-refractivity contribution in [3.8, 4) is 5.75 Å². The molecule has 0 saturated carbocycles. The van der Waals surface area contributed by atoms with Gasteiger partial charge in [-0.05, 0) is 35.8 Å². The Morgan fingerprint density at radius 2 is 1.78 bits per heavy atom. The van der Waals surface area contributed by atoms with Gasteiger partial charge in [0.15, 0.2) is 0 Å². The number of cyclic esters (lactones) is 2. The molecule has 1 aliphatic rings. The summed E-state index contributed by atoms with van der Waals surface area (Å²) in [6, 6.07) is 13.9. The van der Waals surface area contributed by atoms with Crippen molar-refractivity contribution in [1.82, 2.24) is 10.6 Å².